The lowest BCUT2D eigenvalue weighted by Gasteiger charge is -2.13. The summed E-state index contributed by atoms with van der Waals surface area (Å²) >= 11 is 19.2. The van der Waals surface area contributed by atoms with E-state index in [1.165, 1.54) is 23.9 Å². The van der Waals surface area contributed by atoms with Crippen LogP contribution in [0.25, 0.3) is 5.69 Å². The molecule has 10 heteroatoms. The van der Waals surface area contributed by atoms with Gasteiger partial charge in [0.25, 0.3) is 0 Å². The van der Waals surface area contributed by atoms with Crippen LogP contribution in [-0.2, 0) is 4.79 Å². The highest BCUT2D eigenvalue weighted by atomic mass is 35.5. The number of halogens is 3. The van der Waals surface area contributed by atoms with Gasteiger partial charge in [0.15, 0.2) is 0 Å². The topological polar surface area (TPSA) is 72.7 Å². The van der Waals surface area contributed by atoms with Crippen molar-refractivity contribution >= 4 is 58.2 Å². The van der Waals surface area contributed by atoms with Crippen LogP contribution in [-0.4, -0.2) is 31.4 Å². The number of aryl methyl sites for hydroxylation is 1. The summed E-state index contributed by atoms with van der Waals surface area (Å²) < 4.78 is 1.59. The van der Waals surface area contributed by atoms with Gasteiger partial charge in [0, 0.05) is 0 Å². The van der Waals surface area contributed by atoms with E-state index in [-0.39, 0.29) is 5.91 Å². The Morgan fingerprint density at radius 1 is 1.15 bits per heavy atom. The van der Waals surface area contributed by atoms with Crippen LogP contribution in [0.5, 0.6) is 0 Å². The molecular weight excluding hydrogens is 429 g/mol. The van der Waals surface area contributed by atoms with Crippen LogP contribution in [0.4, 0.5) is 5.69 Å². The maximum Gasteiger partial charge on any atom is 0.237 e. The van der Waals surface area contributed by atoms with Crippen LogP contribution >= 0.6 is 46.6 Å². The summed E-state index contributed by atoms with van der Waals surface area (Å²) in [6.45, 7) is 3.73. The summed E-state index contributed by atoms with van der Waals surface area (Å²) in [7, 11) is 0. The molecule has 140 valence electrons. The first-order valence-corrected chi connectivity index (χ1v) is 9.84. The molecule has 1 atom stereocenters. The average molecular weight is 443 g/mol. The molecule has 0 fully saturated rings. The number of carbonyl (C=O) groups excluding carboxylic acids is 1. The van der Waals surface area contributed by atoms with E-state index in [9.17, 15) is 4.79 Å². The zero-order chi connectivity index (χ0) is 19.6. The van der Waals surface area contributed by atoms with Crippen molar-refractivity contribution in [3.8, 4) is 5.69 Å². The third-order valence-electron chi connectivity index (χ3n) is 3.61. The molecule has 3 aromatic rings. The normalized spacial score (nSPS) is 12.0. The summed E-state index contributed by atoms with van der Waals surface area (Å²) in [6.07, 6.45) is 0. The number of amides is 1. The number of benzene rings is 2. The van der Waals surface area contributed by atoms with Crippen LogP contribution in [0.15, 0.2) is 41.6 Å². The lowest BCUT2D eigenvalue weighted by Crippen LogP contribution is -2.23. The first kappa shape index (κ1) is 19.9. The Labute approximate surface area is 175 Å². The third-order valence-corrected chi connectivity index (χ3v) is 5.67. The fourth-order valence-electron chi connectivity index (χ4n) is 2.24. The van der Waals surface area contributed by atoms with E-state index < -0.39 is 5.25 Å². The summed E-state index contributed by atoms with van der Waals surface area (Å²) in [5.74, 6) is -0.265. The minimum absolute atomic E-state index is 0.265. The monoisotopic (exact) mass is 441 g/mol. The fourth-order valence-corrected chi connectivity index (χ4v) is 3.64. The van der Waals surface area contributed by atoms with Crippen molar-refractivity contribution in [3.63, 3.8) is 0 Å². The summed E-state index contributed by atoms with van der Waals surface area (Å²) in [6, 6.07) is 10.8. The van der Waals surface area contributed by atoms with Crippen molar-refractivity contribution < 1.29 is 4.79 Å². The second kappa shape index (κ2) is 8.48. The van der Waals surface area contributed by atoms with Crippen molar-refractivity contribution in [1.29, 1.82) is 0 Å². The van der Waals surface area contributed by atoms with Crippen LogP contribution in [0.2, 0.25) is 15.1 Å². The van der Waals surface area contributed by atoms with Crippen molar-refractivity contribution in [1.82, 2.24) is 20.2 Å². The third kappa shape index (κ3) is 4.73. The van der Waals surface area contributed by atoms with Crippen molar-refractivity contribution in [2.24, 2.45) is 0 Å². The number of thioether (sulfide) groups is 1. The van der Waals surface area contributed by atoms with Crippen LogP contribution in [0.1, 0.15) is 12.5 Å². The summed E-state index contributed by atoms with van der Waals surface area (Å²) in [5.41, 5.74) is 2.29. The second-order valence-corrected chi connectivity index (χ2v) is 8.24. The van der Waals surface area contributed by atoms with Gasteiger partial charge in [0.2, 0.25) is 11.1 Å². The number of nitrogens with zero attached hydrogens (tertiary/aromatic N) is 4. The van der Waals surface area contributed by atoms with Crippen molar-refractivity contribution in [3.05, 3.63) is 57.0 Å². The number of anilines is 1. The molecular formula is C17H14Cl3N5OS. The van der Waals surface area contributed by atoms with E-state index in [0.717, 1.165) is 11.3 Å². The fraction of sp³-hybridized carbons (Fsp3) is 0.176. The Bertz CT molecular complexity index is 994. The van der Waals surface area contributed by atoms with Gasteiger partial charge in [0.1, 0.15) is 0 Å². The average Bonchev–Trinajstić information content (AvgIpc) is 3.07. The van der Waals surface area contributed by atoms with E-state index in [1.54, 1.807) is 11.6 Å². The highest BCUT2D eigenvalue weighted by Gasteiger charge is 2.20. The minimum Gasteiger partial charge on any atom is -0.324 e. The van der Waals surface area contributed by atoms with E-state index >= 15 is 0 Å². The van der Waals surface area contributed by atoms with Crippen LogP contribution in [0, 0.1) is 6.92 Å². The lowest BCUT2D eigenvalue weighted by atomic mass is 10.2. The van der Waals surface area contributed by atoms with Gasteiger partial charge in [-0.1, -0.05) is 58.7 Å². The molecule has 0 spiro atoms. The molecule has 0 aliphatic rings. The molecule has 2 aromatic carbocycles. The molecule has 0 aliphatic carbocycles. The van der Waals surface area contributed by atoms with Crippen LogP contribution in [0.3, 0.4) is 0 Å². The van der Waals surface area contributed by atoms with Gasteiger partial charge >= 0.3 is 0 Å². The number of hydrogen-bond acceptors (Lipinski definition) is 5. The quantitative estimate of drug-likeness (QED) is 0.442. The van der Waals surface area contributed by atoms with E-state index in [1.807, 2.05) is 31.2 Å². The van der Waals surface area contributed by atoms with Gasteiger partial charge < -0.3 is 5.32 Å². The van der Waals surface area contributed by atoms with Crippen LogP contribution < -0.4 is 5.32 Å². The predicted octanol–water partition coefficient (Wildman–Crippen LogP) is 5.05. The first-order valence-electron chi connectivity index (χ1n) is 7.82. The largest absolute Gasteiger partial charge is 0.324 e. The Morgan fingerprint density at radius 3 is 2.63 bits per heavy atom. The molecule has 0 bridgehead atoms. The molecule has 0 saturated heterocycles. The Morgan fingerprint density at radius 2 is 1.89 bits per heavy atom. The van der Waals surface area contributed by atoms with Crippen molar-refractivity contribution in [2.45, 2.75) is 24.3 Å². The molecule has 1 amide bonds. The number of tetrazole rings is 1. The Balaban J connectivity index is 1.75. The van der Waals surface area contributed by atoms with Gasteiger partial charge in [-0.3, -0.25) is 4.79 Å². The minimum atomic E-state index is -0.481. The van der Waals surface area contributed by atoms with E-state index in [2.05, 4.69) is 20.8 Å². The van der Waals surface area contributed by atoms with Gasteiger partial charge in [0.05, 0.1) is 31.7 Å². The number of nitrogens with one attached hydrogen (secondary N) is 1. The SMILES string of the molecule is Cc1cccc(-n2nnnc2SC(C)C(=O)Nc2cc(Cl)c(Cl)cc2Cl)c1. The molecule has 6 nitrogen and oxygen atoms in total. The maximum absolute atomic E-state index is 12.5. The van der Waals surface area contributed by atoms with E-state index in [4.69, 9.17) is 34.8 Å². The number of carbonyl (C=O) groups is 1. The van der Waals surface area contributed by atoms with Gasteiger partial charge in [-0.2, -0.15) is 4.68 Å². The highest BCUT2D eigenvalue weighted by molar-refractivity contribution is 8.00. The van der Waals surface area contributed by atoms with Gasteiger partial charge in [-0.15, -0.1) is 5.10 Å². The molecule has 1 heterocycles. The summed E-state index contributed by atoms with van der Waals surface area (Å²) in [4.78, 5) is 12.5. The second-order valence-electron chi connectivity index (χ2n) is 5.71. The molecule has 0 radical (unpaired) electrons. The standard InChI is InChI=1S/C17H14Cl3N5OS/c1-9-4-3-5-11(6-9)25-17(22-23-24-25)27-10(2)16(26)21-15-8-13(19)12(18)7-14(15)20/h3-8,10H,1-2H3,(H,21,26). The molecule has 0 saturated carbocycles. The Hall–Kier alpha value is -1.80. The highest BCUT2D eigenvalue weighted by Crippen LogP contribution is 2.33. The lowest BCUT2D eigenvalue weighted by molar-refractivity contribution is -0.115. The smallest absolute Gasteiger partial charge is 0.237 e. The molecule has 1 N–H and O–H groups in total. The van der Waals surface area contributed by atoms with Gasteiger partial charge in [-0.25, -0.2) is 0 Å². The summed E-state index contributed by atoms with van der Waals surface area (Å²) in [5, 5.41) is 15.4. The molecule has 3 rings (SSSR count). The molecule has 27 heavy (non-hydrogen) atoms. The van der Waals surface area contributed by atoms with Crippen molar-refractivity contribution in [2.75, 3.05) is 5.32 Å². The number of aromatic nitrogens is 4. The number of rotatable bonds is 5. The molecule has 0 aliphatic heterocycles. The predicted molar refractivity (Wildman–Crippen MR) is 109 cm³/mol. The molecule has 1 aromatic heterocycles. The first-order chi connectivity index (χ1) is 12.8. The molecule has 1 unspecified atom stereocenters. The zero-order valence-electron chi connectivity index (χ0n) is 14.3. The zero-order valence-corrected chi connectivity index (χ0v) is 17.4. The van der Waals surface area contributed by atoms with E-state index in [0.29, 0.717) is 25.9 Å². The number of hydrogen-bond donors (Lipinski definition) is 1. The van der Waals surface area contributed by atoms with Gasteiger partial charge in [-0.05, 0) is 54.1 Å². The Kier molecular flexibility index (Phi) is 6.26. The maximum atomic E-state index is 12.5.